The second kappa shape index (κ2) is 9.05. The molecule has 0 aromatic heterocycles. The molecule has 0 aliphatic heterocycles. The summed E-state index contributed by atoms with van der Waals surface area (Å²) in [4.78, 5) is 24.1. The van der Waals surface area contributed by atoms with Gasteiger partial charge >= 0.3 is 18.5 Å². The van der Waals surface area contributed by atoms with Crippen molar-refractivity contribution in [3.63, 3.8) is 0 Å². The van der Waals surface area contributed by atoms with Crippen LogP contribution in [0.2, 0.25) is 0 Å². The molecular formula is C10H8N2O4. The zero-order chi connectivity index (χ0) is 12.2. The molecule has 0 fully saturated rings. The molecule has 0 aromatic rings. The maximum absolute atomic E-state index is 10.6. The molecule has 0 spiro atoms. The lowest BCUT2D eigenvalue weighted by molar-refractivity contribution is -0.141. The molecular weight excluding hydrogens is 212 g/mol. The summed E-state index contributed by atoms with van der Waals surface area (Å²) < 4.78 is 9.03. The molecule has 0 rings (SSSR count). The van der Waals surface area contributed by atoms with Gasteiger partial charge in [0.25, 0.3) is 0 Å². The van der Waals surface area contributed by atoms with E-state index in [0.717, 1.165) is 0 Å². The van der Waals surface area contributed by atoms with E-state index in [1.54, 1.807) is 6.07 Å². The van der Waals surface area contributed by atoms with Gasteiger partial charge in [0.05, 0.1) is 6.07 Å². The molecule has 0 amide bonds. The molecule has 0 aliphatic carbocycles. The Hall–Kier alpha value is -2.52. The minimum absolute atomic E-state index is 0.149. The monoisotopic (exact) mass is 220 g/mol. The lowest BCUT2D eigenvalue weighted by Gasteiger charge is -1.94. The Morgan fingerprint density at radius 2 is 1.75 bits per heavy atom. The van der Waals surface area contributed by atoms with Gasteiger partial charge < -0.3 is 14.3 Å². The van der Waals surface area contributed by atoms with Crippen LogP contribution in [0.3, 0.4) is 0 Å². The molecule has 6 heteroatoms. The van der Waals surface area contributed by atoms with Gasteiger partial charge in [-0.2, -0.15) is 5.26 Å². The summed E-state index contributed by atoms with van der Waals surface area (Å²) in [5.41, 5.74) is 0. The highest BCUT2D eigenvalue weighted by Crippen LogP contribution is 1.83. The Kier molecular flexibility index (Phi) is 7.63. The highest BCUT2D eigenvalue weighted by Gasteiger charge is 2.02. The van der Waals surface area contributed by atoms with Crippen molar-refractivity contribution in [2.45, 2.75) is 6.42 Å². The number of nitrogens with zero attached hydrogens (tertiary/aromatic N) is 2. The molecule has 0 saturated carbocycles. The summed E-state index contributed by atoms with van der Waals surface area (Å²) in [6, 6.07) is 1.63. The lowest BCUT2D eigenvalue weighted by Crippen LogP contribution is -2.07. The average Bonchev–Trinajstić information content (AvgIpc) is 2.24. The number of nitriles is 1. The summed E-state index contributed by atoms with van der Waals surface area (Å²) in [6.45, 7) is 5.74. The SMILES string of the molecule is [C-]#[N+]CC(=O)OCC#CCOC(=O)CC#N. The minimum atomic E-state index is -0.651. The van der Waals surface area contributed by atoms with E-state index in [0.29, 0.717) is 0 Å². The van der Waals surface area contributed by atoms with Gasteiger partial charge in [0, 0.05) is 0 Å². The van der Waals surface area contributed by atoms with E-state index >= 15 is 0 Å². The third-order valence-corrected chi connectivity index (χ3v) is 1.17. The molecule has 0 unspecified atom stereocenters. The van der Waals surface area contributed by atoms with Crippen LogP contribution < -0.4 is 0 Å². The zero-order valence-corrected chi connectivity index (χ0v) is 8.36. The molecule has 0 N–H and O–H groups in total. The Morgan fingerprint density at radius 1 is 1.19 bits per heavy atom. The fourth-order valence-corrected chi connectivity index (χ4v) is 0.561. The van der Waals surface area contributed by atoms with Crippen molar-refractivity contribution in [3.05, 3.63) is 11.4 Å². The van der Waals surface area contributed by atoms with Gasteiger partial charge in [0.15, 0.2) is 13.2 Å². The summed E-state index contributed by atoms with van der Waals surface area (Å²) in [5.74, 6) is 3.53. The van der Waals surface area contributed by atoms with Gasteiger partial charge in [-0.25, -0.2) is 11.4 Å². The van der Waals surface area contributed by atoms with Crippen molar-refractivity contribution in [3.8, 4) is 17.9 Å². The number of ether oxygens (including phenoxy) is 2. The van der Waals surface area contributed by atoms with E-state index in [-0.39, 0.29) is 26.2 Å². The van der Waals surface area contributed by atoms with Gasteiger partial charge in [-0.15, -0.1) is 0 Å². The largest absolute Gasteiger partial charge is 0.452 e. The number of esters is 2. The maximum Gasteiger partial charge on any atom is 0.388 e. The topological polar surface area (TPSA) is 80.8 Å². The number of carbonyl (C=O) groups is 2. The fraction of sp³-hybridized carbons (Fsp3) is 0.400. The van der Waals surface area contributed by atoms with Crippen molar-refractivity contribution in [2.75, 3.05) is 19.8 Å². The van der Waals surface area contributed by atoms with Crippen LogP contribution in [0.4, 0.5) is 0 Å². The van der Waals surface area contributed by atoms with Crippen molar-refractivity contribution in [1.82, 2.24) is 0 Å². The second-order valence-corrected chi connectivity index (χ2v) is 2.33. The van der Waals surface area contributed by atoms with Crippen molar-refractivity contribution >= 4 is 11.9 Å². The van der Waals surface area contributed by atoms with Gasteiger partial charge in [0.1, 0.15) is 6.42 Å². The first-order chi connectivity index (χ1) is 7.70. The van der Waals surface area contributed by atoms with E-state index in [4.69, 9.17) is 11.8 Å². The van der Waals surface area contributed by atoms with Crippen LogP contribution in [0.15, 0.2) is 0 Å². The van der Waals surface area contributed by atoms with E-state index in [1.807, 2.05) is 0 Å². The van der Waals surface area contributed by atoms with Crippen LogP contribution in [0.25, 0.3) is 4.85 Å². The zero-order valence-electron chi connectivity index (χ0n) is 8.36. The van der Waals surface area contributed by atoms with E-state index < -0.39 is 11.9 Å². The predicted octanol–water partition coefficient (Wildman–Crippen LogP) is -0.0908. The van der Waals surface area contributed by atoms with Crippen LogP contribution in [-0.4, -0.2) is 31.7 Å². The third kappa shape index (κ3) is 8.10. The molecule has 0 atom stereocenters. The standard InChI is InChI=1S/C10H8N2O4/c1-12-8-10(14)16-7-3-2-6-15-9(13)4-5-11/h4,6-8H2. The maximum atomic E-state index is 10.6. The van der Waals surface area contributed by atoms with Crippen molar-refractivity contribution in [1.29, 1.82) is 5.26 Å². The summed E-state index contributed by atoms with van der Waals surface area (Å²) in [7, 11) is 0. The Labute approximate surface area is 92.6 Å². The Balaban J connectivity index is 3.57. The summed E-state index contributed by atoms with van der Waals surface area (Å²) in [6.07, 6.45) is -0.318. The van der Waals surface area contributed by atoms with Crippen molar-refractivity contribution < 1.29 is 19.1 Å². The highest BCUT2D eigenvalue weighted by atomic mass is 16.5. The van der Waals surface area contributed by atoms with Gasteiger partial charge in [-0.1, -0.05) is 11.8 Å². The number of rotatable bonds is 4. The Bertz CT molecular complexity index is 356. The van der Waals surface area contributed by atoms with Crippen LogP contribution in [0.5, 0.6) is 0 Å². The van der Waals surface area contributed by atoms with Crippen LogP contribution in [0, 0.1) is 29.7 Å². The van der Waals surface area contributed by atoms with Crippen LogP contribution >= 0.6 is 0 Å². The number of hydrogen-bond donors (Lipinski definition) is 0. The molecule has 0 saturated heterocycles. The average molecular weight is 220 g/mol. The first-order valence-corrected chi connectivity index (χ1v) is 4.18. The number of hydrogen-bond acceptors (Lipinski definition) is 5. The molecule has 0 bridgehead atoms. The first kappa shape index (κ1) is 13.5. The molecule has 0 aromatic carbocycles. The summed E-state index contributed by atoms with van der Waals surface area (Å²) in [5, 5.41) is 8.12. The normalized spacial score (nSPS) is 7.62. The van der Waals surface area contributed by atoms with Crippen molar-refractivity contribution in [2.24, 2.45) is 0 Å². The van der Waals surface area contributed by atoms with Gasteiger partial charge in [-0.05, 0) is 0 Å². The van der Waals surface area contributed by atoms with E-state index in [2.05, 4.69) is 26.2 Å². The molecule has 0 heterocycles. The van der Waals surface area contributed by atoms with Gasteiger partial charge in [0.2, 0.25) is 0 Å². The third-order valence-electron chi connectivity index (χ3n) is 1.17. The van der Waals surface area contributed by atoms with Crippen LogP contribution in [0.1, 0.15) is 6.42 Å². The molecule has 0 radical (unpaired) electrons. The second-order valence-electron chi connectivity index (χ2n) is 2.33. The molecule has 16 heavy (non-hydrogen) atoms. The molecule has 6 nitrogen and oxygen atoms in total. The predicted molar refractivity (Wildman–Crippen MR) is 51.4 cm³/mol. The smallest absolute Gasteiger partial charge is 0.388 e. The van der Waals surface area contributed by atoms with Crippen LogP contribution in [-0.2, 0) is 19.1 Å². The quantitative estimate of drug-likeness (QED) is 0.375. The molecule has 0 aliphatic rings. The van der Waals surface area contributed by atoms with E-state index in [9.17, 15) is 9.59 Å². The Morgan fingerprint density at radius 3 is 2.25 bits per heavy atom. The lowest BCUT2D eigenvalue weighted by atomic mass is 10.5. The number of carbonyl (C=O) groups excluding carboxylic acids is 2. The fourth-order valence-electron chi connectivity index (χ4n) is 0.561. The van der Waals surface area contributed by atoms with E-state index in [1.165, 1.54) is 0 Å². The minimum Gasteiger partial charge on any atom is -0.452 e. The first-order valence-electron chi connectivity index (χ1n) is 4.18. The highest BCUT2D eigenvalue weighted by molar-refractivity contribution is 5.73. The molecule has 82 valence electrons. The van der Waals surface area contributed by atoms with Gasteiger partial charge in [-0.3, -0.25) is 4.79 Å². The summed E-state index contributed by atoms with van der Waals surface area (Å²) >= 11 is 0.